The summed E-state index contributed by atoms with van der Waals surface area (Å²) in [6.45, 7) is 3.84. The van der Waals surface area contributed by atoms with Gasteiger partial charge < -0.3 is 5.11 Å². The molecule has 0 bridgehead atoms. The number of carboxylic acid groups (broad SMARTS) is 1. The zero-order valence-electron chi connectivity index (χ0n) is 12.6. The minimum atomic E-state index is -0.948. The van der Waals surface area contributed by atoms with Crippen molar-refractivity contribution in [2.45, 2.75) is 20.3 Å². The fourth-order valence-electron chi connectivity index (χ4n) is 2.20. The third kappa shape index (κ3) is 3.69. The average Bonchev–Trinajstić information content (AvgIpc) is 2.48. The maximum Gasteiger partial charge on any atom is 0.305 e. The van der Waals surface area contributed by atoms with E-state index in [1.54, 1.807) is 24.4 Å². The Bertz CT molecular complexity index is 698. The summed E-state index contributed by atoms with van der Waals surface area (Å²) in [6.07, 6.45) is 1.47. The fourth-order valence-corrected chi connectivity index (χ4v) is 2.20. The van der Waals surface area contributed by atoms with Gasteiger partial charge in [0.25, 0.3) is 5.91 Å². The average molecular weight is 298 g/mol. The molecule has 0 saturated carbocycles. The smallest absolute Gasteiger partial charge is 0.305 e. The van der Waals surface area contributed by atoms with Crippen molar-refractivity contribution in [1.29, 1.82) is 0 Å². The van der Waals surface area contributed by atoms with Gasteiger partial charge in [-0.05, 0) is 37.6 Å². The predicted molar refractivity (Wildman–Crippen MR) is 84.1 cm³/mol. The number of aromatic nitrogens is 1. The molecule has 0 radical (unpaired) electrons. The molecule has 1 N–H and O–H groups in total. The second-order valence-electron chi connectivity index (χ2n) is 5.11. The molecule has 22 heavy (non-hydrogen) atoms. The van der Waals surface area contributed by atoms with Crippen LogP contribution in [0.4, 0.5) is 5.82 Å². The molecular weight excluding hydrogens is 280 g/mol. The number of rotatable bonds is 5. The summed E-state index contributed by atoms with van der Waals surface area (Å²) in [5, 5.41) is 8.92. The Morgan fingerprint density at radius 1 is 1.18 bits per heavy atom. The van der Waals surface area contributed by atoms with Gasteiger partial charge in [0.1, 0.15) is 5.82 Å². The number of nitrogens with zero attached hydrogens (tertiary/aromatic N) is 2. The highest BCUT2D eigenvalue weighted by Gasteiger charge is 2.21. The van der Waals surface area contributed by atoms with Crippen LogP contribution < -0.4 is 4.90 Å². The van der Waals surface area contributed by atoms with E-state index in [0.29, 0.717) is 11.4 Å². The minimum Gasteiger partial charge on any atom is -0.481 e. The van der Waals surface area contributed by atoms with Crippen molar-refractivity contribution in [2.24, 2.45) is 0 Å². The van der Waals surface area contributed by atoms with E-state index in [9.17, 15) is 9.59 Å². The van der Waals surface area contributed by atoms with Crippen LogP contribution in [0.15, 0.2) is 42.6 Å². The quantitative estimate of drug-likeness (QED) is 0.921. The van der Waals surface area contributed by atoms with Crippen LogP contribution in [0.3, 0.4) is 0 Å². The summed E-state index contributed by atoms with van der Waals surface area (Å²) in [6, 6.07) is 10.9. The molecule has 0 saturated heterocycles. The first-order valence-corrected chi connectivity index (χ1v) is 7.01. The zero-order valence-corrected chi connectivity index (χ0v) is 12.6. The zero-order chi connectivity index (χ0) is 16.1. The van der Waals surface area contributed by atoms with Crippen molar-refractivity contribution in [1.82, 2.24) is 4.98 Å². The van der Waals surface area contributed by atoms with Crippen molar-refractivity contribution in [3.05, 3.63) is 59.3 Å². The van der Waals surface area contributed by atoms with E-state index in [-0.39, 0.29) is 18.9 Å². The lowest BCUT2D eigenvalue weighted by molar-refractivity contribution is -0.136. The van der Waals surface area contributed by atoms with Crippen LogP contribution in [0.1, 0.15) is 27.9 Å². The normalized spacial score (nSPS) is 10.3. The second kappa shape index (κ2) is 6.85. The SMILES string of the molecule is Cc1cccc(C(=O)N(CCC(=O)O)c2ncccc2C)c1. The van der Waals surface area contributed by atoms with E-state index in [4.69, 9.17) is 5.11 Å². The largest absolute Gasteiger partial charge is 0.481 e. The minimum absolute atomic E-state index is 0.0833. The van der Waals surface area contributed by atoms with Crippen molar-refractivity contribution >= 4 is 17.7 Å². The molecule has 0 unspecified atom stereocenters. The number of amides is 1. The summed E-state index contributed by atoms with van der Waals surface area (Å²) < 4.78 is 0. The second-order valence-corrected chi connectivity index (χ2v) is 5.11. The first-order chi connectivity index (χ1) is 10.5. The number of hydrogen-bond acceptors (Lipinski definition) is 3. The van der Waals surface area contributed by atoms with Crippen LogP contribution in [0.5, 0.6) is 0 Å². The molecule has 2 aromatic rings. The van der Waals surface area contributed by atoms with Gasteiger partial charge in [0.2, 0.25) is 0 Å². The molecule has 114 valence electrons. The molecule has 1 heterocycles. The number of aryl methyl sites for hydroxylation is 2. The number of carbonyl (C=O) groups is 2. The van der Waals surface area contributed by atoms with E-state index in [0.717, 1.165) is 11.1 Å². The van der Waals surface area contributed by atoms with E-state index in [1.165, 1.54) is 4.90 Å². The molecule has 0 atom stereocenters. The number of anilines is 1. The van der Waals surface area contributed by atoms with Crippen LogP contribution in [0.2, 0.25) is 0 Å². The Morgan fingerprint density at radius 2 is 1.95 bits per heavy atom. The summed E-state index contributed by atoms with van der Waals surface area (Å²) in [5.74, 6) is -0.697. The maximum atomic E-state index is 12.8. The first-order valence-electron chi connectivity index (χ1n) is 7.01. The highest BCUT2D eigenvalue weighted by Crippen LogP contribution is 2.19. The number of aliphatic carboxylic acids is 1. The van der Waals surface area contributed by atoms with Crippen LogP contribution in [-0.4, -0.2) is 28.5 Å². The highest BCUT2D eigenvalue weighted by atomic mass is 16.4. The van der Waals surface area contributed by atoms with E-state index in [1.807, 2.05) is 32.0 Å². The molecule has 5 heteroatoms. The molecule has 0 aliphatic rings. The summed E-state index contributed by atoms with van der Waals surface area (Å²) in [7, 11) is 0. The Kier molecular flexibility index (Phi) is 4.88. The lowest BCUT2D eigenvalue weighted by Crippen LogP contribution is -2.34. The Morgan fingerprint density at radius 3 is 2.59 bits per heavy atom. The van der Waals surface area contributed by atoms with Crippen molar-refractivity contribution < 1.29 is 14.7 Å². The molecule has 1 aromatic carbocycles. The highest BCUT2D eigenvalue weighted by molar-refractivity contribution is 6.06. The van der Waals surface area contributed by atoms with Gasteiger partial charge in [-0.1, -0.05) is 23.8 Å². The Balaban J connectivity index is 2.38. The van der Waals surface area contributed by atoms with Crippen LogP contribution >= 0.6 is 0 Å². The lowest BCUT2D eigenvalue weighted by Gasteiger charge is -2.23. The Hall–Kier alpha value is -2.69. The van der Waals surface area contributed by atoms with Crippen molar-refractivity contribution in [2.75, 3.05) is 11.4 Å². The number of carboxylic acids is 1. The number of hydrogen-bond donors (Lipinski definition) is 1. The third-order valence-electron chi connectivity index (χ3n) is 3.30. The molecule has 0 spiro atoms. The number of benzene rings is 1. The monoisotopic (exact) mass is 298 g/mol. The van der Waals surface area contributed by atoms with Gasteiger partial charge in [0.15, 0.2) is 0 Å². The summed E-state index contributed by atoms with van der Waals surface area (Å²) in [4.78, 5) is 29.3. The molecule has 0 aliphatic carbocycles. The van der Waals surface area contributed by atoms with E-state index < -0.39 is 5.97 Å². The predicted octanol–water partition coefficient (Wildman–Crippen LogP) is 2.82. The summed E-state index contributed by atoms with van der Waals surface area (Å²) >= 11 is 0. The van der Waals surface area contributed by atoms with Gasteiger partial charge in [-0.25, -0.2) is 4.98 Å². The Labute approximate surface area is 129 Å². The number of pyridine rings is 1. The molecule has 2 rings (SSSR count). The van der Waals surface area contributed by atoms with Gasteiger partial charge in [-0.15, -0.1) is 0 Å². The molecule has 0 aliphatic heterocycles. The molecule has 0 fully saturated rings. The van der Waals surface area contributed by atoms with E-state index >= 15 is 0 Å². The third-order valence-corrected chi connectivity index (χ3v) is 3.30. The standard InChI is InChI=1S/C17H18N2O3/c1-12-5-3-7-14(11-12)17(22)19(10-8-15(20)21)16-13(2)6-4-9-18-16/h3-7,9,11H,8,10H2,1-2H3,(H,20,21). The van der Waals surface area contributed by atoms with Gasteiger partial charge in [0.05, 0.1) is 6.42 Å². The van der Waals surface area contributed by atoms with Crippen molar-refractivity contribution in [3.8, 4) is 0 Å². The fraction of sp³-hybridized carbons (Fsp3) is 0.235. The van der Waals surface area contributed by atoms with Gasteiger partial charge >= 0.3 is 5.97 Å². The molecular formula is C17H18N2O3. The van der Waals surface area contributed by atoms with Gasteiger partial charge in [-0.2, -0.15) is 0 Å². The molecule has 1 aromatic heterocycles. The molecule has 5 nitrogen and oxygen atoms in total. The molecule has 1 amide bonds. The lowest BCUT2D eigenvalue weighted by atomic mass is 10.1. The van der Waals surface area contributed by atoms with E-state index in [2.05, 4.69) is 4.98 Å². The van der Waals surface area contributed by atoms with Gasteiger partial charge in [0, 0.05) is 18.3 Å². The van der Waals surface area contributed by atoms with Crippen LogP contribution in [-0.2, 0) is 4.79 Å². The topological polar surface area (TPSA) is 70.5 Å². The van der Waals surface area contributed by atoms with Crippen molar-refractivity contribution in [3.63, 3.8) is 0 Å². The summed E-state index contributed by atoms with van der Waals surface area (Å²) in [5.41, 5.74) is 2.33. The van der Waals surface area contributed by atoms with Crippen LogP contribution in [0.25, 0.3) is 0 Å². The van der Waals surface area contributed by atoms with Gasteiger partial charge in [-0.3, -0.25) is 14.5 Å². The number of carbonyl (C=O) groups excluding carboxylic acids is 1. The first kappa shape index (κ1) is 15.7. The maximum absolute atomic E-state index is 12.8. The van der Waals surface area contributed by atoms with Crippen LogP contribution in [0, 0.1) is 13.8 Å².